The first-order valence-electron chi connectivity index (χ1n) is 12.3. The maximum Gasteiger partial charge on any atom is 0.261 e. The molecule has 2 aromatic carbocycles. The van der Waals surface area contributed by atoms with Gasteiger partial charge in [0, 0.05) is 31.2 Å². The summed E-state index contributed by atoms with van der Waals surface area (Å²) in [7, 11) is 3.91. The van der Waals surface area contributed by atoms with E-state index in [0.717, 1.165) is 23.2 Å². The van der Waals surface area contributed by atoms with Gasteiger partial charge in [-0.2, -0.15) is 5.06 Å². The number of likely N-dealkylation sites (tertiary alicyclic amines) is 1. The van der Waals surface area contributed by atoms with Crippen LogP contribution in [-0.2, 0) is 32.2 Å². The zero-order chi connectivity index (χ0) is 25.9. The second-order valence-corrected chi connectivity index (χ2v) is 10.5. The van der Waals surface area contributed by atoms with Gasteiger partial charge in [0.15, 0.2) is 6.10 Å². The molecule has 3 unspecified atom stereocenters. The van der Waals surface area contributed by atoms with E-state index in [0.29, 0.717) is 6.54 Å². The maximum absolute atomic E-state index is 13.6. The Kier molecular flexibility index (Phi) is 7.36. The van der Waals surface area contributed by atoms with E-state index in [4.69, 9.17) is 4.84 Å². The average molecular weight is 519 g/mol. The highest BCUT2D eigenvalue weighted by Gasteiger charge is 2.59. The first kappa shape index (κ1) is 25.1. The van der Waals surface area contributed by atoms with Crippen molar-refractivity contribution in [3.63, 3.8) is 0 Å². The lowest BCUT2D eigenvalue weighted by molar-refractivity contribution is -0.182. The van der Waals surface area contributed by atoms with Crippen molar-refractivity contribution in [3.8, 4) is 0 Å². The first-order valence-corrected chi connectivity index (χ1v) is 13.2. The summed E-state index contributed by atoms with van der Waals surface area (Å²) in [5.41, 5.74) is 2.71. The number of carbonyl (C=O) groups excluding carboxylic acids is 3. The van der Waals surface area contributed by atoms with Gasteiger partial charge in [-0.25, -0.2) is 0 Å². The van der Waals surface area contributed by atoms with Crippen LogP contribution in [0.2, 0.25) is 0 Å². The van der Waals surface area contributed by atoms with Gasteiger partial charge in [-0.15, -0.1) is 11.3 Å². The summed E-state index contributed by atoms with van der Waals surface area (Å²) < 4.78 is 0. The Morgan fingerprint density at radius 3 is 2.43 bits per heavy atom. The van der Waals surface area contributed by atoms with Crippen LogP contribution in [0.1, 0.15) is 22.0 Å². The molecule has 2 saturated heterocycles. The minimum absolute atomic E-state index is 0.0726. The zero-order valence-corrected chi connectivity index (χ0v) is 21.7. The smallest absolute Gasteiger partial charge is 0.261 e. The van der Waals surface area contributed by atoms with Gasteiger partial charge in [-0.3, -0.25) is 24.1 Å². The number of nitrogens with one attached hydrogen (secondary N) is 1. The highest BCUT2D eigenvalue weighted by atomic mass is 32.1. The van der Waals surface area contributed by atoms with Crippen molar-refractivity contribution in [2.45, 2.75) is 25.1 Å². The van der Waals surface area contributed by atoms with Crippen molar-refractivity contribution in [1.82, 2.24) is 15.3 Å². The number of imide groups is 1. The molecule has 2 aliphatic heterocycles. The Labute approximate surface area is 220 Å². The molecule has 2 fully saturated rings. The highest BCUT2D eigenvalue weighted by Crippen LogP contribution is 2.45. The molecule has 2 aliphatic rings. The molecule has 3 aromatic rings. The predicted molar refractivity (Wildman–Crippen MR) is 142 cm³/mol. The van der Waals surface area contributed by atoms with Crippen molar-refractivity contribution >= 4 is 34.7 Å². The van der Waals surface area contributed by atoms with E-state index in [1.54, 1.807) is 11.3 Å². The SMILES string of the molecule is CN(C)c1ccc(C2C3C(=O)N(Cc4ccccc4)C(=O)C3ON2CC(=O)NCCc2cccs2)cc1. The molecule has 0 aliphatic carbocycles. The number of amides is 3. The van der Waals surface area contributed by atoms with E-state index in [1.165, 1.54) is 14.8 Å². The van der Waals surface area contributed by atoms with Crippen LogP contribution in [0.5, 0.6) is 0 Å². The lowest BCUT2D eigenvalue weighted by atomic mass is 9.90. The number of anilines is 1. The second kappa shape index (κ2) is 10.8. The summed E-state index contributed by atoms with van der Waals surface area (Å²) in [5, 5.41) is 6.45. The summed E-state index contributed by atoms with van der Waals surface area (Å²) in [5.74, 6) is -1.58. The van der Waals surface area contributed by atoms with Gasteiger partial charge in [0.1, 0.15) is 6.54 Å². The van der Waals surface area contributed by atoms with E-state index in [9.17, 15) is 14.4 Å². The minimum Gasteiger partial charge on any atom is -0.378 e. The fourth-order valence-corrected chi connectivity index (χ4v) is 5.61. The molecule has 5 rings (SSSR count). The molecule has 192 valence electrons. The third-order valence-corrected chi connectivity index (χ3v) is 7.73. The molecule has 3 atom stereocenters. The lowest BCUT2D eigenvalue weighted by Gasteiger charge is -2.27. The van der Waals surface area contributed by atoms with Crippen LogP contribution in [0.4, 0.5) is 5.69 Å². The van der Waals surface area contributed by atoms with Crippen LogP contribution in [0, 0.1) is 5.92 Å². The van der Waals surface area contributed by atoms with Crippen LogP contribution in [0.3, 0.4) is 0 Å². The van der Waals surface area contributed by atoms with Crippen LogP contribution < -0.4 is 10.2 Å². The number of hydroxylamine groups is 2. The third-order valence-electron chi connectivity index (χ3n) is 6.79. The number of rotatable bonds is 9. The Hall–Kier alpha value is -3.53. The fourth-order valence-electron chi connectivity index (χ4n) is 4.91. The van der Waals surface area contributed by atoms with Crippen LogP contribution in [0.25, 0.3) is 0 Å². The van der Waals surface area contributed by atoms with Crippen molar-refractivity contribution in [2.75, 3.05) is 32.1 Å². The molecule has 3 heterocycles. The Balaban J connectivity index is 1.35. The van der Waals surface area contributed by atoms with Gasteiger partial charge in [0.2, 0.25) is 11.8 Å². The van der Waals surface area contributed by atoms with Gasteiger partial charge in [-0.05, 0) is 41.1 Å². The number of benzene rings is 2. The molecule has 1 N–H and O–H groups in total. The largest absolute Gasteiger partial charge is 0.378 e. The van der Waals surface area contributed by atoms with E-state index < -0.39 is 18.1 Å². The number of thiophene rings is 1. The Bertz CT molecular complexity index is 1250. The predicted octanol–water partition coefficient (Wildman–Crippen LogP) is 3.02. The highest BCUT2D eigenvalue weighted by molar-refractivity contribution is 7.09. The fraction of sp³-hybridized carbons (Fsp3) is 0.321. The average Bonchev–Trinajstić information content (AvgIpc) is 3.60. The van der Waals surface area contributed by atoms with Gasteiger partial charge in [0.25, 0.3) is 5.91 Å². The summed E-state index contributed by atoms with van der Waals surface area (Å²) in [6.07, 6.45) is -0.204. The molecule has 37 heavy (non-hydrogen) atoms. The van der Waals surface area contributed by atoms with Crippen molar-refractivity contribution < 1.29 is 19.2 Å². The lowest BCUT2D eigenvalue weighted by Crippen LogP contribution is -2.41. The molecule has 0 spiro atoms. The van der Waals surface area contributed by atoms with Crippen molar-refractivity contribution in [2.24, 2.45) is 5.92 Å². The third kappa shape index (κ3) is 5.29. The monoisotopic (exact) mass is 518 g/mol. The van der Waals surface area contributed by atoms with E-state index >= 15 is 0 Å². The van der Waals surface area contributed by atoms with Crippen molar-refractivity contribution in [3.05, 3.63) is 88.1 Å². The molecular weight excluding hydrogens is 488 g/mol. The standard InChI is InChI=1S/C28H30N4O4S/c1-30(2)21-12-10-20(11-13-21)25-24-26(28(35)31(27(24)34)17-19-7-4-3-5-8-19)36-32(25)18-23(33)29-15-14-22-9-6-16-37-22/h3-13,16,24-26H,14-15,17-18H2,1-2H3,(H,29,33). The molecular formula is C28H30N4O4S. The second-order valence-electron chi connectivity index (χ2n) is 9.49. The number of nitrogens with zero attached hydrogens (tertiary/aromatic N) is 3. The first-order chi connectivity index (χ1) is 17.9. The zero-order valence-electron chi connectivity index (χ0n) is 20.9. The van der Waals surface area contributed by atoms with Crippen molar-refractivity contribution in [1.29, 1.82) is 0 Å². The molecule has 9 heteroatoms. The van der Waals surface area contributed by atoms with E-state index in [1.807, 2.05) is 91.1 Å². The quantitative estimate of drug-likeness (QED) is 0.439. The van der Waals surface area contributed by atoms with E-state index in [2.05, 4.69) is 5.32 Å². The van der Waals surface area contributed by atoms with Gasteiger partial charge in [0.05, 0.1) is 18.5 Å². The molecule has 8 nitrogen and oxygen atoms in total. The maximum atomic E-state index is 13.6. The van der Waals surface area contributed by atoms with Crippen LogP contribution >= 0.6 is 11.3 Å². The topological polar surface area (TPSA) is 82.2 Å². The Morgan fingerprint density at radius 1 is 1.00 bits per heavy atom. The molecule has 0 radical (unpaired) electrons. The number of carbonyl (C=O) groups is 3. The van der Waals surface area contributed by atoms with Gasteiger partial charge in [-0.1, -0.05) is 48.5 Å². The van der Waals surface area contributed by atoms with Crippen LogP contribution in [0.15, 0.2) is 72.1 Å². The molecule has 3 amide bonds. The summed E-state index contributed by atoms with van der Waals surface area (Å²) in [6.45, 7) is 0.631. The summed E-state index contributed by atoms with van der Waals surface area (Å²) >= 11 is 1.65. The normalized spacial score (nSPS) is 21.4. The number of hydrogen-bond acceptors (Lipinski definition) is 7. The molecule has 0 saturated carbocycles. The van der Waals surface area contributed by atoms with Crippen LogP contribution in [-0.4, -0.2) is 61.0 Å². The summed E-state index contributed by atoms with van der Waals surface area (Å²) in [6, 6.07) is 20.7. The number of hydrogen-bond donors (Lipinski definition) is 1. The van der Waals surface area contributed by atoms with E-state index in [-0.39, 0.29) is 30.8 Å². The molecule has 1 aromatic heterocycles. The van der Waals surface area contributed by atoms with Gasteiger partial charge < -0.3 is 10.2 Å². The minimum atomic E-state index is -0.950. The Morgan fingerprint density at radius 2 is 1.76 bits per heavy atom. The van der Waals surface area contributed by atoms with Gasteiger partial charge >= 0.3 is 0 Å². The summed E-state index contributed by atoms with van der Waals surface area (Å²) in [4.78, 5) is 50.2. The molecule has 0 bridgehead atoms. The number of fused-ring (bicyclic) bond motifs is 1.